The van der Waals surface area contributed by atoms with E-state index in [1.165, 1.54) is 7.11 Å². The smallest absolute Gasteiger partial charge is 0.334 e. The van der Waals surface area contributed by atoms with Gasteiger partial charge in [0.15, 0.2) is 0 Å². The second kappa shape index (κ2) is 2.70. The molecule has 1 aliphatic heterocycles. The monoisotopic (exact) mass is 144 g/mol. The average molecular weight is 144 g/mol. The van der Waals surface area contributed by atoms with Gasteiger partial charge < -0.3 is 14.6 Å². The van der Waals surface area contributed by atoms with Gasteiger partial charge in [-0.15, -0.1) is 0 Å². The van der Waals surface area contributed by atoms with Gasteiger partial charge >= 0.3 is 5.97 Å². The van der Waals surface area contributed by atoms with Crippen LogP contribution in [0.2, 0.25) is 0 Å². The highest BCUT2D eigenvalue weighted by atomic mass is 16.6. The molecule has 0 aromatic heterocycles. The normalized spacial score (nSPS) is 25.2. The zero-order valence-corrected chi connectivity index (χ0v) is 5.53. The quantitative estimate of drug-likeness (QED) is 0.501. The minimum Gasteiger partial charge on any atom is -0.498 e. The summed E-state index contributed by atoms with van der Waals surface area (Å²) in [4.78, 5) is 10.5. The van der Waals surface area contributed by atoms with Crippen LogP contribution in [0.1, 0.15) is 0 Å². The number of aliphatic hydroxyl groups is 1. The van der Waals surface area contributed by atoms with Gasteiger partial charge in [0.1, 0.15) is 18.5 Å². The molecule has 0 aliphatic carbocycles. The molecule has 0 unspecified atom stereocenters. The molecule has 4 heteroatoms. The third-order valence-electron chi connectivity index (χ3n) is 1.21. The van der Waals surface area contributed by atoms with Gasteiger partial charge in [-0.1, -0.05) is 0 Å². The summed E-state index contributed by atoms with van der Waals surface area (Å²) in [7, 11) is 1.40. The highest BCUT2D eigenvalue weighted by Gasteiger charge is 2.20. The first-order chi connectivity index (χ1) is 4.74. The predicted molar refractivity (Wildman–Crippen MR) is 32.1 cm³/mol. The Labute approximate surface area is 58.1 Å². The zero-order valence-electron chi connectivity index (χ0n) is 5.53. The van der Waals surface area contributed by atoms with Crippen molar-refractivity contribution in [2.24, 2.45) is 0 Å². The molecule has 0 spiro atoms. The van der Waals surface area contributed by atoms with Crippen LogP contribution in [0.4, 0.5) is 0 Å². The van der Waals surface area contributed by atoms with Gasteiger partial charge in [-0.25, -0.2) is 4.79 Å². The summed E-state index contributed by atoms with van der Waals surface area (Å²) in [6.45, 7) is -0.0154. The third-order valence-corrected chi connectivity index (χ3v) is 1.21. The molecular formula is C6H8O4. The van der Waals surface area contributed by atoms with Crippen LogP contribution in [0.5, 0.6) is 0 Å². The molecule has 1 heterocycles. The summed E-state index contributed by atoms with van der Waals surface area (Å²) < 4.78 is 9.16. The molecule has 0 aromatic carbocycles. The molecule has 1 rings (SSSR count). The van der Waals surface area contributed by atoms with Gasteiger partial charge in [0.25, 0.3) is 0 Å². The topological polar surface area (TPSA) is 55.8 Å². The van der Waals surface area contributed by atoms with Crippen LogP contribution in [0.15, 0.2) is 11.8 Å². The van der Waals surface area contributed by atoms with Crippen LogP contribution in [0, 0.1) is 0 Å². The van der Waals surface area contributed by atoms with E-state index in [4.69, 9.17) is 5.11 Å². The first-order valence-corrected chi connectivity index (χ1v) is 2.84. The van der Waals surface area contributed by atoms with Crippen molar-refractivity contribution in [3.05, 3.63) is 11.8 Å². The molecule has 0 saturated carbocycles. The summed E-state index contributed by atoms with van der Waals surface area (Å²) in [5, 5.41) is 9.02. The molecule has 1 aliphatic rings. The van der Waals surface area contributed by atoms with E-state index in [1.54, 1.807) is 0 Å². The highest BCUT2D eigenvalue weighted by molar-refractivity contribution is 5.83. The highest BCUT2D eigenvalue weighted by Crippen LogP contribution is 2.09. The second-order valence-corrected chi connectivity index (χ2v) is 1.90. The molecule has 0 saturated heterocycles. The van der Waals surface area contributed by atoms with Crippen molar-refractivity contribution in [3.63, 3.8) is 0 Å². The lowest BCUT2D eigenvalue weighted by Gasteiger charge is -2.17. The minimum atomic E-state index is -0.803. The first-order valence-electron chi connectivity index (χ1n) is 2.84. The number of carbonyl (C=O) groups is 1. The van der Waals surface area contributed by atoms with Crippen LogP contribution in [-0.2, 0) is 14.3 Å². The first kappa shape index (κ1) is 7.08. The van der Waals surface area contributed by atoms with E-state index in [2.05, 4.69) is 9.47 Å². The number of cyclic esters (lactones) is 1. The molecule has 1 N–H and O–H groups in total. The summed E-state index contributed by atoms with van der Waals surface area (Å²) in [6.07, 6.45) is 0.330. The molecule has 0 fully saturated rings. The summed E-state index contributed by atoms with van der Waals surface area (Å²) in [6, 6.07) is 0. The fourth-order valence-corrected chi connectivity index (χ4v) is 0.692. The van der Waals surface area contributed by atoms with Gasteiger partial charge in [-0.05, 0) is 0 Å². The Kier molecular flexibility index (Phi) is 1.91. The Balaban J connectivity index is 2.71. The van der Waals surface area contributed by atoms with Crippen molar-refractivity contribution in [2.75, 3.05) is 13.7 Å². The molecule has 10 heavy (non-hydrogen) atoms. The zero-order chi connectivity index (χ0) is 7.56. The molecule has 1 atom stereocenters. The average Bonchev–Trinajstić information content (AvgIpc) is 1.94. The number of rotatable bonds is 1. The molecule has 56 valence electrons. The molecular weight excluding hydrogens is 136 g/mol. The van der Waals surface area contributed by atoms with Crippen molar-refractivity contribution in [3.8, 4) is 0 Å². The Bertz CT molecular complexity index is 173. The lowest BCUT2D eigenvalue weighted by atomic mass is 10.2. The maximum absolute atomic E-state index is 10.5. The van der Waals surface area contributed by atoms with Crippen molar-refractivity contribution in [1.82, 2.24) is 0 Å². The Morgan fingerprint density at radius 2 is 2.60 bits per heavy atom. The number of methoxy groups -OCH3 is 1. The Morgan fingerprint density at radius 3 is 3.10 bits per heavy atom. The number of carbonyl (C=O) groups excluding carboxylic acids is 1. The van der Waals surface area contributed by atoms with Gasteiger partial charge in [-0.2, -0.15) is 0 Å². The maximum atomic E-state index is 10.5. The third kappa shape index (κ3) is 1.27. The van der Waals surface area contributed by atoms with Crippen LogP contribution in [-0.4, -0.2) is 30.9 Å². The fraction of sp³-hybridized carbons (Fsp3) is 0.500. The number of aliphatic hydroxyl groups excluding tert-OH is 1. The van der Waals surface area contributed by atoms with Crippen LogP contribution in [0.3, 0.4) is 0 Å². The number of ether oxygens (including phenoxy) is 2. The minimum absolute atomic E-state index is 0.0154. The van der Waals surface area contributed by atoms with Crippen LogP contribution >= 0.6 is 0 Å². The summed E-state index contributed by atoms with van der Waals surface area (Å²) in [5.74, 6) is -0.210. The fourth-order valence-electron chi connectivity index (χ4n) is 0.692. The van der Waals surface area contributed by atoms with Gasteiger partial charge in [0.05, 0.1) is 13.2 Å². The van der Waals surface area contributed by atoms with E-state index >= 15 is 0 Å². The van der Waals surface area contributed by atoms with E-state index in [0.717, 1.165) is 6.08 Å². The van der Waals surface area contributed by atoms with Crippen molar-refractivity contribution in [2.45, 2.75) is 6.10 Å². The number of esters is 1. The molecule has 0 bridgehead atoms. The largest absolute Gasteiger partial charge is 0.498 e. The Morgan fingerprint density at radius 1 is 1.90 bits per heavy atom. The van der Waals surface area contributed by atoms with E-state index in [0.29, 0.717) is 0 Å². The SMILES string of the molecule is COC1=CC(=O)OC[C@@H]1O. The Hall–Kier alpha value is -1.03. The van der Waals surface area contributed by atoms with Gasteiger partial charge in [-0.3, -0.25) is 0 Å². The molecule has 0 radical (unpaired) electrons. The molecule has 0 aromatic rings. The predicted octanol–water partition coefficient (Wildman–Crippen LogP) is -0.566. The lowest BCUT2D eigenvalue weighted by molar-refractivity contribution is -0.143. The van der Waals surface area contributed by atoms with E-state index in [9.17, 15) is 4.79 Å². The standard InChI is InChI=1S/C6H8O4/c1-9-5-2-6(8)10-3-4(5)7/h2,4,7H,3H2,1H3/t4-/m0/s1. The summed E-state index contributed by atoms with van der Waals surface area (Å²) >= 11 is 0. The number of hydrogen-bond donors (Lipinski definition) is 1. The van der Waals surface area contributed by atoms with E-state index in [-0.39, 0.29) is 12.4 Å². The van der Waals surface area contributed by atoms with E-state index in [1.807, 2.05) is 0 Å². The van der Waals surface area contributed by atoms with Crippen molar-refractivity contribution < 1.29 is 19.4 Å². The molecule has 4 nitrogen and oxygen atoms in total. The maximum Gasteiger partial charge on any atom is 0.334 e. The van der Waals surface area contributed by atoms with Crippen LogP contribution < -0.4 is 0 Å². The lowest BCUT2D eigenvalue weighted by Crippen LogP contribution is -2.26. The van der Waals surface area contributed by atoms with E-state index < -0.39 is 12.1 Å². The summed E-state index contributed by atoms with van der Waals surface area (Å²) in [5.41, 5.74) is 0. The molecule has 0 amide bonds. The van der Waals surface area contributed by atoms with Gasteiger partial charge in [0.2, 0.25) is 0 Å². The van der Waals surface area contributed by atoms with Crippen molar-refractivity contribution in [1.29, 1.82) is 0 Å². The van der Waals surface area contributed by atoms with Crippen molar-refractivity contribution >= 4 is 5.97 Å². The number of hydrogen-bond acceptors (Lipinski definition) is 4. The second-order valence-electron chi connectivity index (χ2n) is 1.90. The van der Waals surface area contributed by atoms with Crippen LogP contribution in [0.25, 0.3) is 0 Å². The van der Waals surface area contributed by atoms with Gasteiger partial charge in [0, 0.05) is 0 Å².